The summed E-state index contributed by atoms with van der Waals surface area (Å²) >= 11 is 12.6. The van der Waals surface area contributed by atoms with Crippen LogP contribution in [0.4, 0.5) is 0 Å². The van der Waals surface area contributed by atoms with Crippen LogP contribution in [0.15, 0.2) is 42.6 Å². The van der Waals surface area contributed by atoms with E-state index in [1.807, 2.05) is 36.5 Å². The van der Waals surface area contributed by atoms with Crippen molar-refractivity contribution in [3.63, 3.8) is 0 Å². The molecule has 1 amide bonds. The zero-order valence-electron chi connectivity index (χ0n) is 20.4. The topological polar surface area (TPSA) is 48.5 Å². The average Bonchev–Trinajstić information content (AvgIpc) is 2.82. The highest BCUT2D eigenvalue weighted by molar-refractivity contribution is 6.42. The highest BCUT2D eigenvalue weighted by Gasteiger charge is 2.40. The van der Waals surface area contributed by atoms with Crippen molar-refractivity contribution < 1.29 is 4.79 Å². The zero-order valence-corrected chi connectivity index (χ0v) is 21.9. The molecular weight excluding hydrogens is 467 g/mol. The first-order valence-electron chi connectivity index (χ1n) is 12.3. The monoisotopic (exact) mass is 502 g/mol. The number of aromatic nitrogens is 1. The Kier molecular flexibility index (Phi) is 8.19. The number of halogens is 2. The molecule has 0 spiro atoms. The van der Waals surface area contributed by atoms with Crippen molar-refractivity contribution in [2.24, 2.45) is 11.3 Å². The van der Waals surface area contributed by atoms with Crippen molar-refractivity contribution in [3.05, 3.63) is 63.9 Å². The molecule has 1 N–H and O–H groups in total. The van der Waals surface area contributed by atoms with Gasteiger partial charge >= 0.3 is 0 Å². The maximum Gasteiger partial charge on any atom is 0.223 e. The molecule has 2 aliphatic heterocycles. The van der Waals surface area contributed by atoms with Crippen molar-refractivity contribution in [1.29, 1.82) is 0 Å². The van der Waals surface area contributed by atoms with Gasteiger partial charge in [0.2, 0.25) is 5.91 Å². The second kappa shape index (κ2) is 10.9. The molecule has 0 bridgehead atoms. The SMILES string of the molecule is CC(C)(C)[C@H]1CN(C(c2ccc(Cl)c(Cl)c2)c2ccccn2)CCN1C(=O)CC1CCNCC1. The smallest absolute Gasteiger partial charge is 0.223 e. The quantitative estimate of drug-likeness (QED) is 0.592. The van der Waals surface area contributed by atoms with Crippen LogP contribution < -0.4 is 5.32 Å². The Morgan fingerprint density at radius 2 is 1.88 bits per heavy atom. The predicted octanol–water partition coefficient (Wildman–Crippen LogP) is 5.43. The minimum absolute atomic E-state index is 0.0469. The Hall–Kier alpha value is -1.66. The number of rotatable bonds is 5. The Labute approximate surface area is 213 Å². The Morgan fingerprint density at radius 3 is 2.53 bits per heavy atom. The number of piperidine rings is 1. The highest BCUT2D eigenvalue weighted by Crippen LogP contribution is 2.36. The predicted molar refractivity (Wildman–Crippen MR) is 139 cm³/mol. The van der Waals surface area contributed by atoms with E-state index < -0.39 is 0 Å². The van der Waals surface area contributed by atoms with Crippen molar-refractivity contribution in [2.75, 3.05) is 32.7 Å². The largest absolute Gasteiger partial charge is 0.337 e. The Morgan fingerprint density at radius 1 is 1.12 bits per heavy atom. The number of amides is 1. The number of carbonyl (C=O) groups excluding carboxylic acids is 1. The first kappa shape index (κ1) is 25.4. The van der Waals surface area contributed by atoms with Gasteiger partial charge in [-0.1, -0.05) is 56.1 Å². The van der Waals surface area contributed by atoms with Gasteiger partial charge in [0.25, 0.3) is 0 Å². The summed E-state index contributed by atoms with van der Waals surface area (Å²) in [5.41, 5.74) is 1.99. The van der Waals surface area contributed by atoms with Gasteiger partial charge in [-0.25, -0.2) is 0 Å². The lowest BCUT2D eigenvalue weighted by atomic mass is 9.82. The van der Waals surface area contributed by atoms with Gasteiger partial charge in [0, 0.05) is 38.3 Å². The third-order valence-electron chi connectivity index (χ3n) is 7.25. The second-order valence-corrected chi connectivity index (χ2v) is 11.5. The van der Waals surface area contributed by atoms with E-state index in [0.717, 1.165) is 56.8 Å². The van der Waals surface area contributed by atoms with E-state index in [1.165, 1.54) is 0 Å². The van der Waals surface area contributed by atoms with Gasteiger partial charge in [-0.15, -0.1) is 0 Å². The lowest BCUT2D eigenvalue weighted by molar-refractivity contribution is -0.141. The molecule has 4 rings (SSSR count). The summed E-state index contributed by atoms with van der Waals surface area (Å²) in [6.07, 6.45) is 4.67. The summed E-state index contributed by atoms with van der Waals surface area (Å²) < 4.78 is 0. The third kappa shape index (κ3) is 5.93. The normalized spacial score (nSPS) is 21.4. The zero-order chi connectivity index (χ0) is 24.3. The average molecular weight is 504 g/mol. The van der Waals surface area contributed by atoms with E-state index in [1.54, 1.807) is 0 Å². The van der Waals surface area contributed by atoms with Crippen LogP contribution in [-0.2, 0) is 4.79 Å². The van der Waals surface area contributed by atoms with E-state index in [2.05, 4.69) is 42.0 Å². The van der Waals surface area contributed by atoms with Gasteiger partial charge in [-0.2, -0.15) is 0 Å². The Balaban J connectivity index is 1.60. The maximum atomic E-state index is 13.5. The number of benzene rings is 1. The molecule has 34 heavy (non-hydrogen) atoms. The van der Waals surface area contributed by atoms with Gasteiger partial charge in [-0.3, -0.25) is 14.7 Å². The van der Waals surface area contributed by atoms with E-state index in [4.69, 9.17) is 28.2 Å². The van der Waals surface area contributed by atoms with Gasteiger partial charge in [0.05, 0.1) is 21.8 Å². The molecule has 1 aromatic carbocycles. The van der Waals surface area contributed by atoms with E-state index in [0.29, 0.717) is 28.3 Å². The van der Waals surface area contributed by atoms with E-state index >= 15 is 0 Å². The van der Waals surface area contributed by atoms with Crippen molar-refractivity contribution >= 4 is 29.1 Å². The summed E-state index contributed by atoms with van der Waals surface area (Å²) in [6, 6.07) is 11.9. The van der Waals surface area contributed by atoms with Crippen molar-refractivity contribution in [1.82, 2.24) is 20.1 Å². The molecule has 0 aliphatic carbocycles. The molecule has 1 aromatic heterocycles. The maximum absolute atomic E-state index is 13.5. The number of pyridine rings is 1. The van der Waals surface area contributed by atoms with Gasteiger partial charge < -0.3 is 10.2 Å². The van der Waals surface area contributed by atoms with Gasteiger partial charge in [0.1, 0.15) is 0 Å². The number of nitrogens with zero attached hydrogens (tertiary/aromatic N) is 3. The van der Waals surface area contributed by atoms with Gasteiger partial charge in [-0.05, 0) is 67.1 Å². The molecule has 2 saturated heterocycles. The molecule has 1 unspecified atom stereocenters. The molecule has 0 radical (unpaired) electrons. The van der Waals surface area contributed by atoms with Crippen LogP contribution in [0.5, 0.6) is 0 Å². The second-order valence-electron chi connectivity index (χ2n) is 10.7. The van der Waals surface area contributed by atoms with Crippen LogP contribution in [0.2, 0.25) is 10.0 Å². The van der Waals surface area contributed by atoms with Crippen LogP contribution in [0.1, 0.15) is 57.3 Å². The molecule has 3 heterocycles. The number of nitrogens with one attached hydrogen (secondary N) is 1. The molecule has 2 fully saturated rings. The molecule has 2 atom stereocenters. The highest BCUT2D eigenvalue weighted by atomic mass is 35.5. The van der Waals surface area contributed by atoms with E-state index in [-0.39, 0.29) is 17.5 Å². The molecule has 7 heteroatoms. The number of hydrogen-bond acceptors (Lipinski definition) is 4. The molecule has 184 valence electrons. The standard InChI is InChI=1S/C27H36Cl2N4O/c1-27(2,3)24-18-32(14-15-33(24)25(34)16-19-9-12-30-13-10-19)26(23-6-4-5-11-31-23)20-7-8-21(28)22(29)17-20/h4-8,11,17,19,24,26,30H,9-10,12-16,18H2,1-3H3/t24-,26?/m1/s1. The minimum atomic E-state index is -0.0533. The first-order chi connectivity index (χ1) is 16.2. The molecular formula is C27H36Cl2N4O. The fourth-order valence-corrected chi connectivity index (χ4v) is 5.62. The fourth-order valence-electron chi connectivity index (χ4n) is 5.32. The van der Waals surface area contributed by atoms with Crippen molar-refractivity contribution in [3.8, 4) is 0 Å². The lowest BCUT2D eigenvalue weighted by Crippen LogP contribution is -2.60. The third-order valence-corrected chi connectivity index (χ3v) is 7.99. The number of hydrogen-bond donors (Lipinski definition) is 1. The van der Waals surface area contributed by atoms with Gasteiger partial charge in [0.15, 0.2) is 0 Å². The van der Waals surface area contributed by atoms with Crippen LogP contribution in [0.3, 0.4) is 0 Å². The van der Waals surface area contributed by atoms with Crippen LogP contribution in [0.25, 0.3) is 0 Å². The molecule has 2 aliphatic rings. The summed E-state index contributed by atoms with van der Waals surface area (Å²) in [7, 11) is 0. The van der Waals surface area contributed by atoms with E-state index in [9.17, 15) is 4.79 Å². The number of piperazine rings is 1. The first-order valence-corrected chi connectivity index (χ1v) is 13.1. The van der Waals surface area contributed by atoms with Crippen LogP contribution >= 0.6 is 23.2 Å². The van der Waals surface area contributed by atoms with Crippen LogP contribution in [-0.4, -0.2) is 59.5 Å². The number of carbonyl (C=O) groups is 1. The minimum Gasteiger partial charge on any atom is -0.337 e. The Bertz CT molecular complexity index is 972. The summed E-state index contributed by atoms with van der Waals surface area (Å²) in [4.78, 5) is 22.8. The van der Waals surface area contributed by atoms with Crippen LogP contribution in [0, 0.1) is 11.3 Å². The lowest BCUT2D eigenvalue weighted by Gasteiger charge is -2.49. The summed E-state index contributed by atoms with van der Waals surface area (Å²) in [5, 5.41) is 4.49. The molecule has 2 aromatic rings. The van der Waals surface area contributed by atoms with Crippen molar-refractivity contribution in [2.45, 2.75) is 52.1 Å². The summed E-state index contributed by atoms with van der Waals surface area (Å²) in [5.74, 6) is 0.792. The molecule has 0 saturated carbocycles. The summed E-state index contributed by atoms with van der Waals surface area (Å²) in [6.45, 7) is 11.0. The fraction of sp³-hybridized carbons (Fsp3) is 0.556. The molecule has 5 nitrogen and oxygen atoms in total.